The molecule has 0 aliphatic carbocycles. The summed E-state index contributed by atoms with van der Waals surface area (Å²) in [5.74, 6) is -1.43. The van der Waals surface area contributed by atoms with Crippen molar-refractivity contribution >= 4 is 50.7 Å². The molecule has 0 radical (unpaired) electrons. The molecule has 1 N–H and O–H groups in total. The highest BCUT2D eigenvalue weighted by Gasteiger charge is 2.30. The molecule has 186 valence electrons. The third-order valence-electron chi connectivity index (χ3n) is 5.08. The number of nitrogens with one attached hydrogen (secondary N) is 1. The molecule has 0 saturated carbocycles. The van der Waals surface area contributed by atoms with Crippen LogP contribution in [-0.4, -0.2) is 50.5 Å². The average molecular weight is 532 g/mol. The molecule has 2 rings (SSSR count). The molecule has 11 heteroatoms. The first-order valence-corrected chi connectivity index (χ1v) is 13.3. The Bertz CT molecular complexity index is 1090. The van der Waals surface area contributed by atoms with Crippen molar-refractivity contribution in [2.75, 3.05) is 23.7 Å². The molecule has 0 bridgehead atoms. The quantitative estimate of drug-likeness (QED) is 0.439. The third kappa shape index (κ3) is 8.14. The average Bonchev–Trinajstić information content (AvgIpc) is 2.75. The molecule has 0 spiro atoms. The van der Waals surface area contributed by atoms with Gasteiger partial charge in [-0.25, -0.2) is 12.8 Å². The Morgan fingerprint density at radius 2 is 1.68 bits per heavy atom. The lowest BCUT2D eigenvalue weighted by molar-refractivity contribution is -0.139. The lowest BCUT2D eigenvalue weighted by Gasteiger charge is -2.31. The second-order valence-corrected chi connectivity index (χ2v) is 10.6. The van der Waals surface area contributed by atoms with Gasteiger partial charge in [0.25, 0.3) is 0 Å². The zero-order chi connectivity index (χ0) is 25.5. The van der Waals surface area contributed by atoms with Crippen LogP contribution in [-0.2, 0) is 26.2 Å². The maximum Gasteiger partial charge on any atom is 0.244 e. The van der Waals surface area contributed by atoms with E-state index in [9.17, 15) is 22.4 Å². The SMILES string of the molecule is CCCCNC(=O)[C@@H](C)N(Cc1ccc(F)cc1)C(=O)CN(c1cc(Cl)cc(Cl)c1)S(C)(=O)=O. The van der Waals surface area contributed by atoms with Crippen molar-refractivity contribution in [3.63, 3.8) is 0 Å². The van der Waals surface area contributed by atoms with Crippen molar-refractivity contribution in [1.82, 2.24) is 10.2 Å². The van der Waals surface area contributed by atoms with Crippen molar-refractivity contribution in [2.24, 2.45) is 0 Å². The molecular weight excluding hydrogens is 504 g/mol. The van der Waals surface area contributed by atoms with E-state index < -0.39 is 34.3 Å². The largest absolute Gasteiger partial charge is 0.354 e. The van der Waals surface area contributed by atoms with Crippen molar-refractivity contribution in [2.45, 2.75) is 39.3 Å². The molecule has 0 aliphatic heterocycles. The number of benzene rings is 2. The van der Waals surface area contributed by atoms with E-state index in [-0.39, 0.29) is 28.2 Å². The van der Waals surface area contributed by atoms with Gasteiger partial charge in [-0.1, -0.05) is 48.7 Å². The first kappa shape index (κ1) is 27.9. The van der Waals surface area contributed by atoms with Crippen LogP contribution in [0.1, 0.15) is 32.3 Å². The number of anilines is 1. The van der Waals surface area contributed by atoms with Crippen molar-refractivity contribution in [3.8, 4) is 0 Å². The zero-order valence-corrected chi connectivity index (χ0v) is 21.6. The number of hydrogen-bond acceptors (Lipinski definition) is 4. The molecule has 0 saturated heterocycles. The predicted molar refractivity (Wildman–Crippen MR) is 133 cm³/mol. The smallest absolute Gasteiger partial charge is 0.244 e. The van der Waals surface area contributed by atoms with Gasteiger partial charge in [0.2, 0.25) is 21.8 Å². The Kier molecular flexibility index (Phi) is 10.1. The molecule has 0 aliphatic rings. The Hall–Kier alpha value is -2.36. The third-order valence-corrected chi connectivity index (χ3v) is 6.65. The number of nitrogens with zero attached hydrogens (tertiary/aromatic N) is 2. The number of sulfonamides is 1. The van der Waals surface area contributed by atoms with Crippen molar-refractivity contribution in [3.05, 3.63) is 63.9 Å². The number of hydrogen-bond donors (Lipinski definition) is 1. The number of rotatable bonds is 11. The second-order valence-electron chi connectivity index (χ2n) is 7.87. The first-order valence-electron chi connectivity index (χ1n) is 10.7. The van der Waals surface area contributed by atoms with Crippen LogP contribution in [0.3, 0.4) is 0 Å². The molecule has 2 amide bonds. The van der Waals surface area contributed by atoms with Gasteiger partial charge < -0.3 is 10.2 Å². The van der Waals surface area contributed by atoms with Crippen LogP contribution in [0.2, 0.25) is 10.0 Å². The van der Waals surface area contributed by atoms with Crippen LogP contribution in [0.5, 0.6) is 0 Å². The molecule has 1 atom stereocenters. The minimum atomic E-state index is -3.90. The summed E-state index contributed by atoms with van der Waals surface area (Å²) in [7, 11) is -3.90. The van der Waals surface area contributed by atoms with Crippen LogP contribution in [0, 0.1) is 5.82 Å². The Labute approximate surface area is 209 Å². The van der Waals surface area contributed by atoms with Crippen LogP contribution >= 0.6 is 23.2 Å². The minimum Gasteiger partial charge on any atom is -0.354 e. The number of carbonyl (C=O) groups is 2. The van der Waals surface area contributed by atoms with E-state index in [1.807, 2.05) is 6.92 Å². The van der Waals surface area contributed by atoms with E-state index in [0.717, 1.165) is 23.4 Å². The van der Waals surface area contributed by atoms with Gasteiger partial charge in [0.05, 0.1) is 11.9 Å². The standard InChI is InChI=1S/C23H28Cl2FN3O4S/c1-4-5-10-27-23(31)16(2)28(14-17-6-8-20(26)9-7-17)22(30)15-29(34(3,32)33)21-12-18(24)11-19(25)13-21/h6-9,11-13,16H,4-5,10,14-15H2,1-3H3,(H,27,31)/t16-/m1/s1. The highest BCUT2D eigenvalue weighted by atomic mass is 35.5. The topological polar surface area (TPSA) is 86.8 Å². The maximum atomic E-state index is 13.4. The fourth-order valence-electron chi connectivity index (χ4n) is 3.20. The summed E-state index contributed by atoms with van der Waals surface area (Å²) < 4.78 is 39.3. The molecule has 0 aromatic heterocycles. The van der Waals surface area contributed by atoms with Gasteiger partial charge in [0.1, 0.15) is 18.4 Å². The van der Waals surface area contributed by atoms with Crippen LogP contribution < -0.4 is 9.62 Å². The molecule has 0 fully saturated rings. The van der Waals surface area contributed by atoms with Gasteiger partial charge in [-0.05, 0) is 49.2 Å². The summed E-state index contributed by atoms with van der Waals surface area (Å²) in [6.45, 7) is 3.40. The number of amides is 2. The molecule has 2 aromatic carbocycles. The Morgan fingerprint density at radius 1 is 1.09 bits per heavy atom. The maximum absolute atomic E-state index is 13.4. The van der Waals surface area contributed by atoms with Crippen molar-refractivity contribution < 1.29 is 22.4 Å². The predicted octanol–water partition coefficient (Wildman–Crippen LogP) is 4.23. The lowest BCUT2D eigenvalue weighted by atomic mass is 10.1. The molecule has 2 aromatic rings. The van der Waals surface area contributed by atoms with E-state index in [2.05, 4.69) is 5.32 Å². The van der Waals surface area contributed by atoms with E-state index in [4.69, 9.17) is 23.2 Å². The van der Waals surface area contributed by atoms with Gasteiger partial charge >= 0.3 is 0 Å². The first-order chi connectivity index (χ1) is 15.9. The number of carbonyl (C=O) groups excluding carboxylic acids is 2. The Morgan fingerprint density at radius 3 is 2.21 bits per heavy atom. The van der Waals surface area contributed by atoms with Gasteiger partial charge in [-0.3, -0.25) is 13.9 Å². The molecular formula is C23H28Cl2FN3O4S. The summed E-state index contributed by atoms with van der Waals surface area (Å²) in [6, 6.07) is 8.81. The van der Waals surface area contributed by atoms with Gasteiger partial charge in [0, 0.05) is 23.1 Å². The summed E-state index contributed by atoms with van der Waals surface area (Å²) in [5, 5.41) is 3.19. The molecule has 0 unspecified atom stereocenters. The summed E-state index contributed by atoms with van der Waals surface area (Å²) in [5.41, 5.74) is 0.704. The van der Waals surface area contributed by atoms with E-state index in [1.54, 1.807) is 6.92 Å². The van der Waals surface area contributed by atoms with E-state index >= 15 is 0 Å². The normalized spacial score (nSPS) is 12.2. The van der Waals surface area contributed by atoms with Gasteiger partial charge in [0.15, 0.2) is 0 Å². The second kappa shape index (κ2) is 12.4. The van der Waals surface area contributed by atoms with E-state index in [0.29, 0.717) is 12.1 Å². The number of unbranched alkanes of at least 4 members (excludes halogenated alkanes) is 1. The molecule has 7 nitrogen and oxygen atoms in total. The summed E-state index contributed by atoms with van der Waals surface area (Å²) in [4.78, 5) is 27.4. The van der Waals surface area contributed by atoms with Gasteiger partial charge in [-0.2, -0.15) is 0 Å². The fraction of sp³-hybridized carbons (Fsp3) is 0.391. The van der Waals surface area contributed by atoms with E-state index in [1.165, 1.54) is 47.4 Å². The van der Waals surface area contributed by atoms with Crippen molar-refractivity contribution in [1.29, 1.82) is 0 Å². The lowest BCUT2D eigenvalue weighted by Crippen LogP contribution is -2.51. The summed E-state index contributed by atoms with van der Waals surface area (Å²) in [6.07, 6.45) is 2.63. The zero-order valence-electron chi connectivity index (χ0n) is 19.2. The fourth-order valence-corrected chi connectivity index (χ4v) is 4.55. The summed E-state index contributed by atoms with van der Waals surface area (Å²) >= 11 is 12.1. The van der Waals surface area contributed by atoms with Crippen LogP contribution in [0.25, 0.3) is 0 Å². The van der Waals surface area contributed by atoms with Gasteiger partial charge in [-0.15, -0.1) is 0 Å². The monoisotopic (exact) mass is 531 g/mol. The highest BCUT2D eigenvalue weighted by molar-refractivity contribution is 7.92. The molecule has 0 heterocycles. The molecule has 34 heavy (non-hydrogen) atoms. The van der Waals surface area contributed by atoms with Crippen LogP contribution in [0.15, 0.2) is 42.5 Å². The minimum absolute atomic E-state index is 0.0185. The van der Waals surface area contributed by atoms with Crippen LogP contribution in [0.4, 0.5) is 10.1 Å². The number of halogens is 3. The Balaban J connectivity index is 2.37. The highest BCUT2D eigenvalue weighted by Crippen LogP contribution is 2.27.